The highest BCUT2D eigenvalue weighted by molar-refractivity contribution is 7.98. The van der Waals surface area contributed by atoms with Crippen LogP contribution in [-0.4, -0.2) is 96.8 Å². The number of alkyl halides is 1. The number of thioether (sulfide) groups is 2. The number of carbonyl (C=O) groups is 3. The number of amides is 2. The standard InChI is InChI=1S/C48H58FN9O5S2/c1-28-20-37-36-13-10-32-22-35(59)14-15-45(32,2)47(36,49)38(60)23-46(37,3)48(28,63)43(62)53-17-19-65-27-30-7-5-6-29(21-30)26-64-18-16-52-42(61)31-8-11-34(12-9-31)58(4)25-33-24-54-41-39(55-33)40(50)56-44(51)57-41/h5-9,11-12,14-15,21-22,24,28,36-38,60,63H,10,13,16-20,23,25-27H2,1-4H3,(H,52,61)(H,53,62)(H4,50,51,54,56,57)/t28-,36?,37+,38+,45+,46+,47+,48+/m0/s1. The Kier molecular flexibility index (Phi) is 13.1. The van der Waals surface area contributed by atoms with Crippen LogP contribution >= 0.6 is 23.5 Å². The molecule has 3 saturated carbocycles. The minimum atomic E-state index is -2.01. The van der Waals surface area contributed by atoms with E-state index in [2.05, 4.69) is 48.8 Å². The number of ketones is 1. The Labute approximate surface area is 387 Å². The lowest BCUT2D eigenvalue weighted by Crippen LogP contribution is -2.70. The van der Waals surface area contributed by atoms with Crippen LogP contribution in [0.1, 0.15) is 73.6 Å². The lowest BCUT2D eigenvalue weighted by atomic mass is 9.44. The van der Waals surface area contributed by atoms with Crippen molar-refractivity contribution in [2.75, 3.05) is 48.0 Å². The quantitative estimate of drug-likeness (QED) is 0.0802. The van der Waals surface area contributed by atoms with E-state index < -0.39 is 45.9 Å². The normalized spacial score (nSPS) is 29.1. The maximum absolute atomic E-state index is 17.5. The van der Waals surface area contributed by atoms with Crippen molar-refractivity contribution >= 4 is 69.7 Å². The van der Waals surface area contributed by atoms with Gasteiger partial charge in [0.15, 0.2) is 34.0 Å². The van der Waals surface area contributed by atoms with Crippen LogP contribution in [0.5, 0.6) is 0 Å². The fraction of sp³-hybridized carbons (Fsp3) is 0.479. The molecular weight excluding hydrogens is 866 g/mol. The van der Waals surface area contributed by atoms with Gasteiger partial charge in [0.05, 0.1) is 24.5 Å². The van der Waals surface area contributed by atoms with E-state index in [9.17, 15) is 24.6 Å². The predicted molar refractivity (Wildman–Crippen MR) is 254 cm³/mol. The molecular formula is C48H58FN9O5S2. The molecule has 2 aromatic heterocycles. The Hall–Kier alpha value is -5.10. The largest absolute Gasteiger partial charge is 0.390 e. The van der Waals surface area contributed by atoms with E-state index in [1.165, 1.54) is 17.7 Å². The lowest BCUT2D eigenvalue weighted by molar-refractivity contribution is -0.219. The number of benzene rings is 2. The van der Waals surface area contributed by atoms with Crippen molar-refractivity contribution < 1.29 is 29.0 Å². The summed E-state index contributed by atoms with van der Waals surface area (Å²) in [6, 6.07) is 15.8. The van der Waals surface area contributed by atoms with Gasteiger partial charge in [0, 0.05) is 71.1 Å². The average molecular weight is 924 g/mol. The van der Waals surface area contributed by atoms with Gasteiger partial charge in [0.25, 0.3) is 11.8 Å². The monoisotopic (exact) mass is 923 g/mol. The molecule has 2 heterocycles. The highest BCUT2D eigenvalue weighted by Crippen LogP contribution is 2.70. The molecule has 8 atom stereocenters. The molecule has 65 heavy (non-hydrogen) atoms. The van der Waals surface area contributed by atoms with Gasteiger partial charge < -0.3 is 37.2 Å². The third kappa shape index (κ3) is 8.49. The Bertz CT molecular complexity index is 2550. The van der Waals surface area contributed by atoms with E-state index in [4.69, 9.17) is 11.5 Å². The van der Waals surface area contributed by atoms with E-state index in [0.29, 0.717) is 72.6 Å². The second kappa shape index (κ2) is 18.3. The second-order valence-electron chi connectivity index (χ2n) is 18.5. The number of nitrogens with two attached hydrogens (primary N) is 2. The number of aliphatic hydroxyl groups is 2. The molecule has 4 aliphatic rings. The van der Waals surface area contributed by atoms with Crippen molar-refractivity contribution in [2.24, 2.45) is 28.6 Å². The van der Waals surface area contributed by atoms with Crippen LogP contribution in [0.2, 0.25) is 0 Å². The van der Waals surface area contributed by atoms with E-state index in [0.717, 1.165) is 28.5 Å². The third-order valence-corrected chi connectivity index (χ3v) is 16.7. The molecule has 4 aromatic rings. The number of nitrogens with one attached hydrogen (secondary N) is 2. The van der Waals surface area contributed by atoms with Crippen LogP contribution in [0.15, 0.2) is 78.5 Å². The number of allylic oxidation sites excluding steroid dienone is 4. The van der Waals surface area contributed by atoms with Gasteiger partial charge in [-0.15, -0.1) is 0 Å². The number of halogens is 1. The van der Waals surface area contributed by atoms with Crippen molar-refractivity contribution in [1.29, 1.82) is 0 Å². The molecule has 17 heteroatoms. The van der Waals surface area contributed by atoms with Crippen LogP contribution in [0, 0.1) is 28.6 Å². The van der Waals surface area contributed by atoms with Crippen LogP contribution < -0.4 is 27.0 Å². The molecule has 4 aliphatic carbocycles. The van der Waals surface area contributed by atoms with Crippen molar-refractivity contribution in [3.8, 4) is 0 Å². The first-order valence-corrected chi connectivity index (χ1v) is 24.5. The molecule has 344 valence electrons. The second-order valence-corrected chi connectivity index (χ2v) is 20.7. The lowest BCUT2D eigenvalue weighted by Gasteiger charge is -2.62. The average Bonchev–Trinajstić information content (AvgIpc) is 3.48. The topological polar surface area (TPSA) is 223 Å². The highest BCUT2D eigenvalue weighted by atomic mass is 32.2. The number of carbonyl (C=O) groups excluding carboxylic acids is 3. The maximum Gasteiger partial charge on any atom is 0.252 e. The number of aromatic nitrogens is 4. The molecule has 0 saturated heterocycles. The number of fused-ring (bicyclic) bond motifs is 6. The van der Waals surface area contributed by atoms with Gasteiger partial charge in [0.1, 0.15) is 0 Å². The zero-order valence-electron chi connectivity index (χ0n) is 37.2. The zero-order chi connectivity index (χ0) is 46.3. The minimum absolute atomic E-state index is 0.0450. The number of hydrogen-bond acceptors (Lipinski definition) is 14. The highest BCUT2D eigenvalue weighted by Gasteiger charge is 2.75. The first-order valence-electron chi connectivity index (χ1n) is 22.2. The number of rotatable bonds is 15. The minimum Gasteiger partial charge on any atom is -0.390 e. The Morgan fingerprint density at radius 1 is 0.985 bits per heavy atom. The van der Waals surface area contributed by atoms with Gasteiger partial charge in [-0.1, -0.05) is 49.8 Å². The Balaban J connectivity index is 0.752. The summed E-state index contributed by atoms with van der Waals surface area (Å²) in [6.45, 7) is 6.82. The Morgan fingerprint density at radius 2 is 1.68 bits per heavy atom. The molecule has 14 nitrogen and oxygen atoms in total. The number of aliphatic hydroxyl groups excluding tert-OH is 1. The Morgan fingerprint density at radius 3 is 2.38 bits per heavy atom. The van der Waals surface area contributed by atoms with Crippen molar-refractivity contribution in [3.05, 3.63) is 101 Å². The van der Waals surface area contributed by atoms with E-state index in [-0.39, 0.29) is 35.8 Å². The summed E-state index contributed by atoms with van der Waals surface area (Å²) in [7, 11) is 1.92. The van der Waals surface area contributed by atoms with Gasteiger partial charge >= 0.3 is 0 Å². The zero-order valence-corrected chi connectivity index (χ0v) is 38.9. The summed E-state index contributed by atoms with van der Waals surface area (Å²) in [6.07, 6.45) is 6.17. The molecule has 8 rings (SSSR count). The van der Waals surface area contributed by atoms with Crippen LogP contribution in [0.4, 0.5) is 21.8 Å². The molecule has 8 N–H and O–H groups in total. The maximum atomic E-state index is 17.5. The van der Waals surface area contributed by atoms with E-state index >= 15 is 4.39 Å². The van der Waals surface area contributed by atoms with Gasteiger partial charge in [0.2, 0.25) is 5.95 Å². The van der Waals surface area contributed by atoms with Crippen LogP contribution in [0.25, 0.3) is 11.2 Å². The van der Waals surface area contributed by atoms with E-state index in [1.807, 2.05) is 44.0 Å². The number of hydrogen-bond donors (Lipinski definition) is 6. The van der Waals surface area contributed by atoms with Crippen molar-refractivity contribution in [3.63, 3.8) is 0 Å². The van der Waals surface area contributed by atoms with Crippen molar-refractivity contribution in [2.45, 2.75) is 81.9 Å². The molecule has 3 fully saturated rings. The fourth-order valence-electron chi connectivity index (χ4n) is 11.2. The summed E-state index contributed by atoms with van der Waals surface area (Å²) in [5, 5.41) is 29.9. The molecule has 1 unspecified atom stereocenters. The summed E-state index contributed by atoms with van der Waals surface area (Å²) in [5.74, 6) is 1.07. The predicted octanol–water partition coefficient (Wildman–Crippen LogP) is 5.58. The fourth-order valence-corrected chi connectivity index (χ4v) is 12.8. The SMILES string of the molecule is C[C@H]1C[C@@H]2C3CCC4=CC(=O)C=C[C@@]4(C)[C@]3(F)[C@H](O)C[C@@]2(C)[C@]1(O)C(=O)NCCSCc1cccc(CSCCNC(=O)c2ccc(N(C)Cc3cnc4nc(N)nc(N)c4n3)cc2)c1. The van der Waals surface area contributed by atoms with Crippen LogP contribution in [0.3, 0.4) is 0 Å². The number of anilines is 3. The summed E-state index contributed by atoms with van der Waals surface area (Å²) >= 11 is 3.43. The molecule has 2 aromatic carbocycles. The summed E-state index contributed by atoms with van der Waals surface area (Å²) < 4.78 is 17.5. The molecule has 0 bridgehead atoms. The molecule has 0 radical (unpaired) electrons. The van der Waals surface area contributed by atoms with Gasteiger partial charge in [-0.25, -0.2) is 14.4 Å². The summed E-state index contributed by atoms with van der Waals surface area (Å²) in [4.78, 5) is 57.9. The summed E-state index contributed by atoms with van der Waals surface area (Å²) in [5.41, 5.74) is 11.6. The van der Waals surface area contributed by atoms with Gasteiger partial charge in [-0.2, -0.15) is 33.5 Å². The third-order valence-electron chi connectivity index (χ3n) is 14.6. The number of nitrogens with zero attached hydrogens (tertiary/aromatic N) is 5. The van der Waals surface area contributed by atoms with Crippen LogP contribution in [-0.2, 0) is 27.6 Å². The molecule has 2 amide bonds. The first-order chi connectivity index (χ1) is 31.0. The smallest absolute Gasteiger partial charge is 0.252 e. The number of nitrogen functional groups attached to an aromatic ring is 2. The van der Waals surface area contributed by atoms with E-state index in [1.54, 1.807) is 54.9 Å². The molecule has 0 spiro atoms. The first kappa shape index (κ1) is 46.4. The van der Waals surface area contributed by atoms with Gasteiger partial charge in [-0.3, -0.25) is 14.4 Å². The van der Waals surface area contributed by atoms with Gasteiger partial charge in [-0.05, 0) is 92.0 Å². The molecule has 0 aliphatic heterocycles. The van der Waals surface area contributed by atoms with Crippen molar-refractivity contribution in [1.82, 2.24) is 30.6 Å².